The number of anilines is 1. The molecule has 4 heterocycles. The average Bonchev–Trinajstić information content (AvgIpc) is 2.77. The second-order valence-corrected chi connectivity index (χ2v) is 8.03. The van der Waals surface area contributed by atoms with Crippen molar-refractivity contribution in [2.45, 2.75) is 58.8 Å². The molecular formula is C22H31N5O. The van der Waals surface area contributed by atoms with E-state index in [-0.39, 0.29) is 5.92 Å². The van der Waals surface area contributed by atoms with Crippen LogP contribution in [0.1, 0.15) is 57.3 Å². The Labute approximate surface area is 167 Å². The van der Waals surface area contributed by atoms with Gasteiger partial charge in [0.05, 0.1) is 29.2 Å². The number of rotatable bonds is 4. The lowest BCUT2D eigenvalue weighted by molar-refractivity contribution is -0.136. The minimum atomic E-state index is 0.0994. The van der Waals surface area contributed by atoms with Gasteiger partial charge in [0.15, 0.2) is 5.65 Å². The predicted octanol–water partition coefficient (Wildman–Crippen LogP) is 3.38. The van der Waals surface area contributed by atoms with E-state index >= 15 is 0 Å². The smallest absolute Gasteiger partial charge is 0.227 e. The molecule has 4 rings (SSSR count). The maximum Gasteiger partial charge on any atom is 0.227 e. The van der Waals surface area contributed by atoms with Crippen molar-refractivity contribution in [3.05, 3.63) is 23.7 Å². The fourth-order valence-electron chi connectivity index (χ4n) is 4.53. The van der Waals surface area contributed by atoms with Gasteiger partial charge in [-0.25, -0.2) is 15.0 Å². The van der Waals surface area contributed by atoms with E-state index in [1.54, 1.807) is 0 Å². The summed E-state index contributed by atoms with van der Waals surface area (Å²) in [5.74, 6) is 0.445. The van der Waals surface area contributed by atoms with Gasteiger partial charge in [0, 0.05) is 26.2 Å². The number of carbonyl (C=O) groups excluding carboxylic acids is 1. The monoisotopic (exact) mass is 381 g/mol. The van der Waals surface area contributed by atoms with Crippen LogP contribution >= 0.6 is 0 Å². The van der Waals surface area contributed by atoms with Gasteiger partial charge in [-0.3, -0.25) is 4.79 Å². The number of fused-ring (bicyclic) bond motifs is 1. The molecule has 28 heavy (non-hydrogen) atoms. The zero-order valence-electron chi connectivity index (χ0n) is 17.2. The van der Waals surface area contributed by atoms with Crippen LogP contribution in [0.25, 0.3) is 11.2 Å². The zero-order valence-corrected chi connectivity index (χ0v) is 17.2. The number of aromatic nitrogens is 3. The Morgan fingerprint density at radius 2 is 1.79 bits per heavy atom. The zero-order chi connectivity index (χ0) is 19.5. The highest BCUT2D eigenvalue weighted by Gasteiger charge is 2.30. The Balaban J connectivity index is 1.54. The normalized spacial score (nSPS) is 20.6. The summed E-state index contributed by atoms with van der Waals surface area (Å²) in [5, 5.41) is 0. The first-order valence-corrected chi connectivity index (χ1v) is 10.9. The molecule has 1 atom stereocenters. The molecule has 6 nitrogen and oxygen atoms in total. The van der Waals surface area contributed by atoms with E-state index in [4.69, 9.17) is 9.97 Å². The topological polar surface area (TPSA) is 62.2 Å². The molecule has 2 aromatic rings. The molecule has 0 spiro atoms. The van der Waals surface area contributed by atoms with Crippen LogP contribution in [0.5, 0.6) is 0 Å². The van der Waals surface area contributed by atoms with Gasteiger partial charge >= 0.3 is 0 Å². The fraction of sp³-hybridized carbons (Fsp3) is 0.636. The minimum Gasteiger partial charge on any atom is -0.369 e. The van der Waals surface area contributed by atoms with Crippen molar-refractivity contribution in [1.82, 2.24) is 19.9 Å². The number of piperidine rings is 2. The fourth-order valence-corrected chi connectivity index (χ4v) is 4.53. The lowest BCUT2D eigenvalue weighted by Gasteiger charge is -2.37. The van der Waals surface area contributed by atoms with Crippen molar-refractivity contribution in [3.63, 3.8) is 0 Å². The summed E-state index contributed by atoms with van der Waals surface area (Å²) in [6, 6.07) is 2.10. The first kappa shape index (κ1) is 19.1. The van der Waals surface area contributed by atoms with E-state index in [0.29, 0.717) is 5.91 Å². The lowest BCUT2D eigenvalue weighted by atomic mass is 9.95. The van der Waals surface area contributed by atoms with Gasteiger partial charge in [0.1, 0.15) is 5.52 Å². The number of carbonyl (C=O) groups is 1. The van der Waals surface area contributed by atoms with Gasteiger partial charge in [-0.05, 0) is 51.0 Å². The molecular weight excluding hydrogens is 350 g/mol. The van der Waals surface area contributed by atoms with Gasteiger partial charge in [-0.2, -0.15) is 0 Å². The van der Waals surface area contributed by atoms with Crippen LogP contribution < -0.4 is 4.90 Å². The predicted molar refractivity (Wildman–Crippen MR) is 111 cm³/mol. The van der Waals surface area contributed by atoms with Crippen molar-refractivity contribution in [1.29, 1.82) is 0 Å². The number of amides is 1. The molecule has 0 saturated carbocycles. The molecule has 150 valence electrons. The van der Waals surface area contributed by atoms with Crippen LogP contribution in [0, 0.1) is 5.92 Å². The SMILES string of the molecule is CCc1nc2cc(N3CCC[C@@H](C(=O)N4CCCCC4)C3)cnc2nc1CC. The lowest BCUT2D eigenvalue weighted by Crippen LogP contribution is -2.46. The number of pyridine rings is 1. The third kappa shape index (κ3) is 3.82. The number of aryl methyl sites for hydroxylation is 2. The van der Waals surface area contributed by atoms with Crippen molar-refractivity contribution >= 4 is 22.8 Å². The highest BCUT2D eigenvalue weighted by Crippen LogP contribution is 2.27. The maximum absolute atomic E-state index is 13.0. The standard InChI is InChI=1S/C22H31N5O/c1-3-18-19(4-2)25-21-20(24-18)13-17(14-23-21)27-12-8-9-16(15-27)22(28)26-10-6-5-7-11-26/h13-14,16H,3-12,15H2,1-2H3/t16-/m1/s1. The highest BCUT2D eigenvalue weighted by atomic mass is 16.2. The van der Waals surface area contributed by atoms with E-state index in [1.807, 2.05) is 6.20 Å². The summed E-state index contributed by atoms with van der Waals surface area (Å²) < 4.78 is 0. The van der Waals surface area contributed by atoms with E-state index in [9.17, 15) is 4.79 Å². The second kappa shape index (κ2) is 8.41. The summed E-state index contributed by atoms with van der Waals surface area (Å²) in [6.45, 7) is 7.84. The quantitative estimate of drug-likeness (QED) is 0.812. The van der Waals surface area contributed by atoms with Gasteiger partial charge < -0.3 is 9.80 Å². The van der Waals surface area contributed by atoms with Gasteiger partial charge in [0.2, 0.25) is 5.91 Å². The Morgan fingerprint density at radius 1 is 1.04 bits per heavy atom. The van der Waals surface area contributed by atoms with Crippen molar-refractivity contribution in [3.8, 4) is 0 Å². The van der Waals surface area contributed by atoms with Crippen molar-refractivity contribution < 1.29 is 4.79 Å². The molecule has 0 unspecified atom stereocenters. The first-order valence-electron chi connectivity index (χ1n) is 10.9. The Bertz CT molecular complexity index is 846. The molecule has 6 heteroatoms. The number of nitrogens with zero attached hydrogens (tertiary/aromatic N) is 5. The summed E-state index contributed by atoms with van der Waals surface area (Å²) in [4.78, 5) is 31.5. The van der Waals surface area contributed by atoms with E-state index < -0.39 is 0 Å². The Morgan fingerprint density at radius 3 is 2.54 bits per heavy atom. The Hall–Kier alpha value is -2.24. The van der Waals surface area contributed by atoms with Gasteiger partial charge in [-0.15, -0.1) is 0 Å². The third-order valence-corrected chi connectivity index (χ3v) is 6.14. The number of hydrogen-bond acceptors (Lipinski definition) is 5. The van der Waals surface area contributed by atoms with Crippen LogP contribution in [0.15, 0.2) is 12.3 Å². The molecule has 2 aliphatic rings. The third-order valence-electron chi connectivity index (χ3n) is 6.14. The molecule has 2 aromatic heterocycles. The molecule has 0 bridgehead atoms. The molecule has 1 amide bonds. The van der Waals surface area contributed by atoms with E-state index in [0.717, 1.165) is 92.9 Å². The molecule has 0 radical (unpaired) electrons. The van der Waals surface area contributed by atoms with Crippen LogP contribution in [-0.2, 0) is 17.6 Å². The largest absolute Gasteiger partial charge is 0.369 e. The average molecular weight is 382 g/mol. The van der Waals surface area contributed by atoms with E-state index in [1.165, 1.54) is 6.42 Å². The summed E-state index contributed by atoms with van der Waals surface area (Å²) in [5.41, 5.74) is 4.74. The van der Waals surface area contributed by atoms with Crippen molar-refractivity contribution in [2.24, 2.45) is 5.92 Å². The molecule has 0 aliphatic carbocycles. The van der Waals surface area contributed by atoms with Gasteiger partial charge in [0.25, 0.3) is 0 Å². The molecule has 2 fully saturated rings. The van der Waals surface area contributed by atoms with E-state index in [2.05, 4.69) is 34.7 Å². The first-order chi connectivity index (χ1) is 13.7. The maximum atomic E-state index is 13.0. The highest BCUT2D eigenvalue weighted by molar-refractivity contribution is 5.80. The number of likely N-dealkylation sites (tertiary alicyclic amines) is 1. The molecule has 0 aromatic carbocycles. The van der Waals surface area contributed by atoms with Crippen molar-refractivity contribution in [2.75, 3.05) is 31.1 Å². The van der Waals surface area contributed by atoms with Crippen LogP contribution in [0.4, 0.5) is 5.69 Å². The molecule has 0 N–H and O–H groups in total. The van der Waals surface area contributed by atoms with Crippen LogP contribution in [-0.4, -0.2) is 51.9 Å². The minimum absolute atomic E-state index is 0.0994. The summed E-state index contributed by atoms with van der Waals surface area (Å²) in [7, 11) is 0. The number of hydrogen-bond donors (Lipinski definition) is 0. The second-order valence-electron chi connectivity index (χ2n) is 8.03. The van der Waals surface area contributed by atoms with Gasteiger partial charge in [-0.1, -0.05) is 13.8 Å². The summed E-state index contributed by atoms with van der Waals surface area (Å²) >= 11 is 0. The summed E-state index contributed by atoms with van der Waals surface area (Å²) in [6.07, 6.45) is 9.24. The molecule has 2 aliphatic heterocycles. The van der Waals surface area contributed by atoms with Crippen LogP contribution in [0.2, 0.25) is 0 Å². The van der Waals surface area contributed by atoms with Crippen LogP contribution in [0.3, 0.4) is 0 Å². The molecule has 2 saturated heterocycles. The Kier molecular flexibility index (Phi) is 5.74.